The summed E-state index contributed by atoms with van der Waals surface area (Å²) in [5.74, 6) is 1.66. The largest absolute Gasteiger partial charge is 0.446 e. The van der Waals surface area contributed by atoms with Crippen molar-refractivity contribution >= 4 is 45.8 Å². The lowest BCUT2D eigenvalue weighted by Crippen LogP contribution is -2.33. The fourth-order valence-corrected chi connectivity index (χ4v) is 5.48. The molecule has 1 unspecified atom stereocenters. The fourth-order valence-electron chi connectivity index (χ4n) is 4.32. The molecule has 0 spiro atoms. The number of hydrogen-bond acceptors (Lipinski definition) is 4. The first-order valence-corrected chi connectivity index (χ1v) is 11.2. The molecule has 8 heteroatoms. The van der Waals surface area contributed by atoms with Gasteiger partial charge in [-0.05, 0) is 59.8 Å². The van der Waals surface area contributed by atoms with Crippen LogP contribution in [0.1, 0.15) is 43.0 Å². The lowest BCUT2D eigenvalue weighted by Gasteiger charge is -2.33. The number of amides is 1. The van der Waals surface area contributed by atoms with Crippen LogP contribution >= 0.6 is 34.2 Å². The summed E-state index contributed by atoms with van der Waals surface area (Å²) < 4.78 is 8.45. The molecule has 1 fully saturated rings. The summed E-state index contributed by atoms with van der Waals surface area (Å²) in [5, 5.41) is 0.474. The standard InChI is InChI=1S/C21H22ClIN4O2/c22-18-17-19(23)26-20(27(17)11-10-25-18)15-8-6-14(7-9-15)16(29-21(24)28)12-13-4-2-1-3-5-13/h1-5,10-11,14-16H,6-9,12H2,(H2,24,28). The minimum atomic E-state index is -0.705. The Labute approximate surface area is 188 Å². The summed E-state index contributed by atoms with van der Waals surface area (Å²) in [7, 11) is 0. The van der Waals surface area contributed by atoms with Crippen molar-refractivity contribution in [3.63, 3.8) is 0 Å². The van der Waals surface area contributed by atoms with Crippen molar-refractivity contribution < 1.29 is 9.53 Å². The quantitative estimate of drug-likeness (QED) is 0.478. The van der Waals surface area contributed by atoms with Crippen LogP contribution in [0.25, 0.3) is 5.52 Å². The Morgan fingerprint density at radius 1 is 1.28 bits per heavy atom. The van der Waals surface area contributed by atoms with E-state index in [9.17, 15) is 4.79 Å². The molecule has 6 nitrogen and oxygen atoms in total. The van der Waals surface area contributed by atoms with E-state index in [1.54, 1.807) is 6.20 Å². The number of halogens is 2. The fraction of sp³-hybridized carbons (Fsp3) is 0.381. The number of carbonyl (C=O) groups is 1. The van der Waals surface area contributed by atoms with Gasteiger partial charge in [-0.1, -0.05) is 41.9 Å². The van der Waals surface area contributed by atoms with Crippen molar-refractivity contribution in [2.24, 2.45) is 11.7 Å². The number of nitrogens with zero attached hydrogens (tertiary/aromatic N) is 3. The molecule has 1 aliphatic rings. The van der Waals surface area contributed by atoms with E-state index in [-0.39, 0.29) is 12.0 Å². The number of nitrogens with two attached hydrogens (primary N) is 1. The van der Waals surface area contributed by atoms with Crippen molar-refractivity contribution in [1.29, 1.82) is 0 Å². The van der Waals surface area contributed by atoms with Gasteiger partial charge in [0.25, 0.3) is 0 Å². The van der Waals surface area contributed by atoms with Gasteiger partial charge in [-0.15, -0.1) is 0 Å². The van der Waals surface area contributed by atoms with Gasteiger partial charge < -0.3 is 10.5 Å². The van der Waals surface area contributed by atoms with Gasteiger partial charge in [0.05, 0.1) is 0 Å². The Bertz CT molecular complexity index is 1000. The molecule has 3 aromatic rings. The highest BCUT2D eigenvalue weighted by Gasteiger charge is 2.32. The molecule has 152 valence electrons. The van der Waals surface area contributed by atoms with Crippen LogP contribution in [0.2, 0.25) is 5.15 Å². The summed E-state index contributed by atoms with van der Waals surface area (Å²) >= 11 is 8.48. The molecule has 2 aromatic heterocycles. The third kappa shape index (κ3) is 4.50. The second-order valence-corrected chi connectivity index (χ2v) is 8.85. The molecule has 29 heavy (non-hydrogen) atoms. The second-order valence-electron chi connectivity index (χ2n) is 7.47. The number of rotatable bonds is 5. The number of imidazole rings is 1. The smallest absolute Gasteiger partial charge is 0.404 e. The van der Waals surface area contributed by atoms with Crippen LogP contribution < -0.4 is 5.73 Å². The molecule has 2 N–H and O–H groups in total. The number of hydrogen-bond donors (Lipinski definition) is 1. The van der Waals surface area contributed by atoms with Crippen molar-refractivity contribution in [1.82, 2.24) is 14.4 Å². The monoisotopic (exact) mass is 524 g/mol. The molecule has 1 aromatic carbocycles. The Hall–Kier alpha value is -1.87. The number of primary amides is 1. The van der Waals surface area contributed by atoms with E-state index >= 15 is 0 Å². The van der Waals surface area contributed by atoms with E-state index < -0.39 is 6.09 Å². The molecule has 0 aliphatic heterocycles. The lowest BCUT2D eigenvalue weighted by molar-refractivity contribution is 0.0516. The Morgan fingerprint density at radius 3 is 2.69 bits per heavy atom. The minimum Gasteiger partial charge on any atom is -0.446 e. The van der Waals surface area contributed by atoms with E-state index in [0.717, 1.165) is 46.3 Å². The van der Waals surface area contributed by atoms with Crippen LogP contribution in [0.15, 0.2) is 42.7 Å². The van der Waals surface area contributed by atoms with E-state index in [1.165, 1.54) is 0 Å². The van der Waals surface area contributed by atoms with Gasteiger partial charge in [0.1, 0.15) is 21.1 Å². The Morgan fingerprint density at radius 2 is 2.00 bits per heavy atom. The van der Waals surface area contributed by atoms with E-state index in [0.29, 0.717) is 17.5 Å². The van der Waals surface area contributed by atoms with Crippen LogP contribution in [-0.2, 0) is 11.2 Å². The Balaban J connectivity index is 1.49. The van der Waals surface area contributed by atoms with Crippen molar-refractivity contribution in [2.75, 3.05) is 0 Å². The SMILES string of the molecule is NC(=O)OC(Cc1ccccc1)C1CCC(c2nc(I)c3c(Cl)nccn23)CC1. The number of ether oxygens (including phenoxy) is 1. The maximum absolute atomic E-state index is 11.5. The zero-order valence-corrected chi connectivity index (χ0v) is 18.7. The van der Waals surface area contributed by atoms with Crippen molar-refractivity contribution in [2.45, 2.75) is 44.1 Å². The third-order valence-electron chi connectivity index (χ3n) is 5.70. The van der Waals surface area contributed by atoms with Crippen LogP contribution in [0.3, 0.4) is 0 Å². The molecule has 1 atom stereocenters. The predicted molar refractivity (Wildman–Crippen MR) is 120 cm³/mol. The molecular weight excluding hydrogens is 503 g/mol. The van der Waals surface area contributed by atoms with E-state index in [4.69, 9.17) is 27.1 Å². The Kier molecular flexibility index (Phi) is 6.24. The molecule has 0 bridgehead atoms. The molecule has 1 aliphatic carbocycles. The number of aromatic nitrogens is 3. The van der Waals surface area contributed by atoms with Gasteiger partial charge in [-0.2, -0.15) is 0 Å². The summed E-state index contributed by atoms with van der Waals surface area (Å²) in [6, 6.07) is 10.1. The first-order chi connectivity index (χ1) is 14.0. The minimum absolute atomic E-state index is 0.202. The summed E-state index contributed by atoms with van der Waals surface area (Å²) in [6.07, 6.45) is 7.28. The highest BCUT2D eigenvalue weighted by molar-refractivity contribution is 14.1. The van der Waals surface area contributed by atoms with Gasteiger partial charge in [0, 0.05) is 24.7 Å². The van der Waals surface area contributed by atoms with Crippen LogP contribution in [0.4, 0.5) is 4.79 Å². The first-order valence-electron chi connectivity index (χ1n) is 9.71. The molecule has 4 rings (SSSR count). The normalized spacial score (nSPS) is 20.5. The molecule has 2 heterocycles. The third-order valence-corrected chi connectivity index (χ3v) is 6.73. The molecule has 0 saturated heterocycles. The maximum Gasteiger partial charge on any atom is 0.404 e. The van der Waals surface area contributed by atoms with E-state index in [2.05, 4.69) is 44.1 Å². The van der Waals surface area contributed by atoms with Gasteiger partial charge >= 0.3 is 6.09 Å². The second kappa shape index (κ2) is 8.87. The van der Waals surface area contributed by atoms with Crippen LogP contribution in [0.5, 0.6) is 0 Å². The number of fused-ring (bicyclic) bond motifs is 1. The molecule has 0 radical (unpaired) electrons. The summed E-state index contributed by atoms with van der Waals surface area (Å²) in [6.45, 7) is 0. The highest BCUT2D eigenvalue weighted by Crippen LogP contribution is 2.39. The average molecular weight is 525 g/mol. The highest BCUT2D eigenvalue weighted by atomic mass is 127. The molecule has 1 amide bonds. The van der Waals surface area contributed by atoms with Crippen LogP contribution in [0, 0.1) is 9.62 Å². The van der Waals surface area contributed by atoms with Gasteiger partial charge in [0.2, 0.25) is 0 Å². The van der Waals surface area contributed by atoms with Crippen LogP contribution in [-0.4, -0.2) is 26.6 Å². The van der Waals surface area contributed by atoms with Gasteiger partial charge in [0.15, 0.2) is 5.15 Å². The summed E-state index contributed by atoms with van der Waals surface area (Å²) in [5.41, 5.74) is 7.37. The topological polar surface area (TPSA) is 82.5 Å². The van der Waals surface area contributed by atoms with Crippen molar-refractivity contribution in [3.05, 3.63) is 63.0 Å². The lowest BCUT2D eigenvalue weighted by atomic mass is 9.77. The summed E-state index contributed by atoms with van der Waals surface area (Å²) in [4.78, 5) is 20.4. The first kappa shape index (κ1) is 20.4. The van der Waals surface area contributed by atoms with Gasteiger partial charge in [-0.3, -0.25) is 4.40 Å². The zero-order chi connectivity index (χ0) is 20.4. The molecular formula is C21H22ClIN4O2. The zero-order valence-electron chi connectivity index (χ0n) is 15.8. The molecule has 1 saturated carbocycles. The van der Waals surface area contributed by atoms with Gasteiger partial charge in [-0.25, -0.2) is 14.8 Å². The van der Waals surface area contributed by atoms with Crippen molar-refractivity contribution in [3.8, 4) is 0 Å². The number of carbonyl (C=O) groups excluding carboxylic acids is 1. The average Bonchev–Trinajstić information content (AvgIpc) is 3.06. The van der Waals surface area contributed by atoms with E-state index in [1.807, 2.05) is 24.4 Å². The maximum atomic E-state index is 11.5. The number of benzene rings is 1. The predicted octanol–water partition coefficient (Wildman–Crippen LogP) is 4.97.